The second kappa shape index (κ2) is 9.95. The van der Waals surface area contributed by atoms with Crippen LogP contribution >= 0.6 is 15.6 Å². The second-order valence-corrected chi connectivity index (χ2v) is 10.1. The van der Waals surface area contributed by atoms with Crippen molar-refractivity contribution in [2.24, 2.45) is 11.3 Å². The van der Waals surface area contributed by atoms with Crippen LogP contribution in [0.2, 0.25) is 0 Å². The van der Waals surface area contributed by atoms with Crippen molar-refractivity contribution in [1.29, 1.82) is 0 Å². The normalized spacial score (nSPS) is 21.4. The highest BCUT2D eigenvalue weighted by molar-refractivity contribution is 7.48. The summed E-state index contributed by atoms with van der Waals surface area (Å²) >= 11 is 0. The van der Waals surface area contributed by atoms with Crippen molar-refractivity contribution >= 4 is 15.6 Å². The molecule has 1 aliphatic heterocycles. The molecule has 0 saturated carbocycles. The molecule has 1 fully saturated rings. The quantitative estimate of drug-likeness (QED) is 0.380. The van der Waals surface area contributed by atoms with E-state index in [2.05, 4.69) is 0 Å². The van der Waals surface area contributed by atoms with E-state index in [-0.39, 0.29) is 24.5 Å². The van der Waals surface area contributed by atoms with Gasteiger partial charge < -0.3 is 9.79 Å². The summed E-state index contributed by atoms with van der Waals surface area (Å²) in [6.45, 7) is 8.17. The van der Waals surface area contributed by atoms with Crippen LogP contribution in [0.1, 0.15) is 66.2 Å². The first-order chi connectivity index (χ1) is 11.5. The Hall–Kier alpha value is 0.220. The van der Waals surface area contributed by atoms with E-state index < -0.39 is 21.9 Å². The monoisotopic (exact) mass is 402 g/mol. The molecule has 1 atom stereocenters. The third-order valence-corrected chi connectivity index (χ3v) is 5.78. The molecular formula is C15H32O8P2. The molecule has 0 amide bonds. The van der Waals surface area contributed by atoms with Gasteiger partial charge in [-0.05, 0) is 12.8 Å². The van der Waals surface area contributed by atoms with Crippen LogP contribution in [0.15, 0.2) is 0 Å². The summed E-state index contributed by atoms with van der Waals surface area (Å²) in [5.41, 5.74) is -0.305. The molecule has 1 aliphatic rings. The van der Waals surface area contributed by atoms with Crippen molar-refractivity contribution in [2.45, 2.75) is 72.5 Å². The van der Waals surface area contributed by atoms with Crippen molar-refractivity contribution in [3.8, 4) is 0 Å². The average molecular weight is 402 g/mol. The maximum atomic E-state index is 12.7. The molecular weight excluding hydrogens is 370 g/mol. The van der Waals surface area contributed by atoms with E-state index in [0.29, 0.717) is 12.8 Å². The lowest BCUT2D eigenvalue weighted by Crippen LogP contribution is -2.33. The van der Waals surface area contributed by atoms with Gasteiger partial charge in [-0.2, -0.15) is 0 Å². The minimum Gasteiger partial charge on any atom is -0.303 e. The second-order valence-electron chi connectivity index (χ2n) is 7.27. The van der Waals surface area contributed by atoms with Crippen molar-refractivity contribution < 1.29 is 37.0 Å². The van der Waals surface area contributed by atoms with Crippen LogP contribution in [0, 0.1) is 11.3 Å². The van der Waals surface area contributed by atoms with Gasteiger partial charge in [0.15, 0.2) is 6.29 Å². The molecule has 0 bridgehead atoms. The number of hydrogen-bond acceptors (Lipinski definition) is 6. The van der Waals surface area contributed by atoms with Gasteiger partial charge in [-0.25, -0.2) is 9.13 Å². The first-order valence-electron chi connectivity index (χ1n) is 8.82. The van der Waals surface area contributed by atoms with E-state index in [1.807, 2.05) is 27.7 Å². The highest BCUT2D eigenvalue weighted by Crippen LogP contribution is 2.57. The molecule has 0 aromatic rings. The van der Waals surface area contributed by atoms with E-state index in [9.17, 15) is 18.9 Å². The van der Waals surface area contributed by atoms with Crippen LogP contribution in [0.4, 0.5) is 0 Å². The highest BCUT2D eigenvalue weighted by atomic mass is 31.2. The first-order valence-corrected chi connectivity index (χ1v) is 11.8. The Morgan fingerprint density at radius 2 is 1.60 bits per heavy atom. The summed E-state index contributed by atoms with van der Waals surface area (Å²) in [5, 5.41) is 0. The lowest BCUT2D eigenvalue weighted by Gasteiger charge is -2.36. The van der Waals surface area contributed by atoms with Crippen molar-refractivity contribution in [1.82, 2.24) is 0 Å². The van der Waals surface area contributed by atoms with Crippen molar-refractivity contribution in [3.63, 3.8) is 0 Å². The molecule has 2 N–H and O–H groups in total. The van der Waals surface area contributed by atoms with Gasteiger partial charge in [-0.1, -0.05) is 53.4 Å². The highest BCUT2D eigenvalue weighted by Gasteiger charge is 2.43. The Balaban J connectivity index is 2.89. The Morgan fingerprint density at radius 1 is 1.12 bits per heavy atom. The minimum atomic E-state index is -4.82. The van der Waals surface area contributed by atoms with Gasteiger partial charge in [0.1, 0.15) is 0 Å². The van der Waals surface area contributed by atoms with Crippen LogP contribution in [-0.4, -0.2) is 29.3 Å². The number of hydrogen-bond donors (Lipinski definition) is 2. The molecule has 1 rings (SSSR count). The van der Waals surface area contributed by atoms with E-state index in [4.69, 9.17) is 18.1 Å². The summed E-state index contributed by atoms with van der Waals surface area (Å²) in [7, 11) is -8.74. The fourth-order valence-electron chi connectivity index (χ4n) is 2.45. The molecule has 0 spiro atoms. The van der Waals surface area contributed by atoms with Gasteiger partial charge in [0.05, 0.1) is 13.2 Å². The van der Waals surface area contributed by atoms with Gasteiger partial charge in [-0.15, -0.1) is 0 Å². The summed E-state index contributed by atoms with van der Waals surface area (Å²) in [6.07, 6.45) is 3.48. The van der Waals surface area contributed by atoms with Crippen molar-refractivity contribution in [3.05, 3.63) is 0 Å². The Bertz CT molecular complexity index is 468. The Morgan fingerprint density at radius 3 is 2.00 bits per heavy atom. The lowest BCUT2D eigenvalue weighted by atomic mass is 9.95. The number of rotatable bonds is 11. The summed E-state index contributed by atoms with van der Waals surface area (Å²) in [4.78, 5) is 18.4. The predicted octanol–water partition coefficient (Wildman–Crippen LogP) is 4.62. The number of unbranched alkanes of at least 4 members (excludes halogenated alkanes) is 2. The Kier molecular flexibility index (Phi) is 9.26. The minimum absolute atomic E-state index is 0.168. The molecule has 0 radical (unpaired) electrons. The average Bonchev–Trinajstić information content (AvgIpc) is 2.49. The molecule has 25 heavy (non-hydrogen) atoms. The molecule has 0 aromatic carbocycles. The Labute approximate surface area is 150 Å². The molecule has 8 nitrogen and oxygen atoms in total. The molecule has 150 valence electrons. The largest absolute Gasteiger partial charge is 0.477 e. The summed E-state index contributed by atoms with van der Waals surface area (Å²) in [6, 6.07) is 0. The zero-order chi connectivity index (χ0) is 19.1. The number of phosphoric acid groups is 2. The lowest BCUT2D eigenvalue weighted by molar-refractivity contribution is -0.100. The van der Waals surface area contributed by atoms with E-state index >= 15 is 0 Å². The van der Waals surface area contributed by atoms with Crippen molar-refractivity contribution in [2.75, 3.05) is 13.2 Å². The van der Waals surface area contributed by atoms with Crippen LogP contribution in [-0.2, 0) is 27.2 Å². The maximum absolute atomic E-state index is 12.7. The third kappa shape index (κ3) is 9.12. The molecule has 0 aliphatic carbocycles. The van der Waals surface area contributed by atoms with E-state index in [1.165, 1.54) is 0 Å². The summed E-state index contributed by atoms with van der Waals surface area (Å²) in [5.74, 6) is -0.305. The third-order valence-electron chi connectivity index (χ3n) is 3.94. The fourth-order valence-corrected chi connectivity index (χ4v) is 4.69. The topological polar surface area (TPSA) is 112 Å². The standard InChI is InChI=1S/C15H32O8P2/c1-5-7-9-13(10-8-6-2)14(22-24(16,17)18)23-25(19)20-11-15(3,4)12-21-25/h13-14H,5-12H2,1-4H3,(H2,16,17,18). The fraction of sp³-hybridized carbons (Fsp3) is 1.00. The van der Waals surface area contributed by atoms with Crippen LogP contribution in [0.3, 0.4) is 0 Å². The number of phosphoric ester groups is 2. The smallest absolute Gasteiger partial charge is 0.303 e. The first kappa shape index (κ1) is 23.3. The van der Waals surface area contributed by atoms with E-state index in [0.717, 1.165) is 25.7 Å². The zero-order valence-corrected chi connectivity index (χ0v) is 17.3. The summed E-state index contributed by atoms with van der Waals surface area (Å²) < 4.78 is 44.8. The van der Waals surface area contributed by atoms with Crippen LogP contribution < -0.4 is 0 Å². The maximum Gasteiger partial charge on any atom is 0.477 e. The van der Waals surface area contributed by atoms with Gasteiger partial charge in [0.25, 0.3) is 0 Å². The van der Waals surface area contributed by atoms with Gasteiger partial charge in [-0.3, -0.25) is 18.1 Å². The molecule has 0 aromatic heterocycles. The molecule has 1 heterocycles. The van der Waals surface area contributed by atoms with Gasteiger partial charge in [0.2, 0.25) is 0 Å². The van der Waals surface area contributed by atoms with Gasteiger partial charge >= 0.3 is 15.6 Å². The van der Waals surface area contributed by atoms with E-state index in [1.54, 1.807) is 0 Å². The molecule has 1 saturated heterocycles. The van der Waals surface area contributed by atoms with Crippen LogP contribution in [0.25, 0.3) is 0 Å². The molecule has 1 unspecified atom stereocenters. The predicted molar refractivity (Wildman–Crippen MR) is 93.8 cm³/mol. The SMILES string of the molecule is CCCCC(CCCC)C(OP(=O)(O)O)OP1(=O)OCC(C)(C)CO1. The van der Waals surface area contributed by atoms with Crippen LogP contribution in [0.5, 0.6) is 0 Å². The zero-order valence-electron chi connectivity index (χ0n) is 15.5. The molecule has 10 heteroatoms. The van der Waals surface area contributed by atoms with Gasteiger partial charge in [0, 0.05) is 11.3 Å².